The molecule has 0 aromatic heterocycles. The van der Waals surface area contributed by atoms with Crippen molar-refractivity contribution in [1.82, 2.24) is 5.32 Å². The van der Waals surface area contributed by atoms with Gasteiger partial charge in [-0.25, -0.2) is 0 Å². The van der Waals surface area contributed by atoms with E-state index < -0.39 is 48.5 Å². The summed E-state index contributed by atoms with van der Waals surface area (Å²) in [6, 6.07) is -1.10. The first-order chi connectivity index (χ1) is 11.9. The van der Waals surface area contributed by atoms with E-state index in [9.17, 15) is 14.4 Å². The van der Waals surface area contributed by atoms with Crippen LogP contribution in [-0.2, 0) is 19.1 Å². The number of amides is 1. The number of Topliss-reactive ketones (excluding diaryl/α,β-unsaturated/α-hetero) is 1. The standard InChI is InChI=1S/C16H23Cl6NO4/c1-8(15(17,18)19)6-10(12(25)14(3,4)13(26)27-5)23-11(24)7-9(2)16(20,21)22/h8-10H,6-7H2,1-5H3,(H,23,24). The number of esters is 1. The van der Waals surface area contributed by atoms with E-state index in [1.54, 1.807) is 13.8 Å². The molecule has 3 unspecified atom stereocenters. The fourth-order valence-corrected chi connectivity index (χ4v) is 2.66. The molecular formula is C16H23Cl6NO4. The van der Waals surface area contributed by atoms with E-state index in [2.05, 4.69) is 10.1 Å². The number of carbonyl (C=O) groups excluding carboxylic acids is 3. The summed E-state index contributed by atoms with van der Waals surface area (Å²) in [6.07, 6.45) is -0.162. The maximum absolute atomic E-state index is 12.9. The quantitative estimate of drug-likeness (QED) is 0.285. The third-order valence-electron chi connectivity index (χ3n) is 4.16. The first kappa shape index (κ1) is 27.4. The maximum Gasteiger partial charge on any atom is 0.318 e. The molecule has 1 N–H and O–H groups in total. The Balaban J connectivity index is 5.52. The van der Waals surface area contributed by atoms with Crippen molar-refractivity contribution < 1.29 is 19.1 Å². The molecule has 0 spiro atoms. The summed E-state index contributed by atoms with van der Waals surface area (Å²) in [4.78, 5) is 37.3. The molecule has 0 radical (unpaired) electrons. The van der Waals surface area contributed by atoms with Gasteiger partial charge in [0.1, 0.15) is 5.41 Å². The van der Waals surface area contributed by atoms with E-state index in [0.717, 1.165) is 7.11 Å². The van der Waals surface area contributed by atoms with E-state index >= 15 is 0 Å². The van der Waals surface area contributed by atoms with Gasteiger partial charge in [-0.2, -0.15) is 0 Å². The second-order valence-electron chi connectivity index (χ2n) is 6.93. The number of alkyl halides is 6. The molecule has 5 nitrogen and oxygen atoms in total. The Morgan fingerprint density at radius 3 is 1.74 bits per heavy atom. The van der Waals surface area contributed by atoms with Crippen LogP contribution in [0.5, 0.6) is 0 Å². The Morgan fingerprint density at radius 2 is 1.37 bits per heavy atom. The monoisotopic (exact) mass is 503 g/mol. The number of carbonyl (C=O) groups is 3. The number of ether oxygens (including phenoxy) is 1. The van der Waals surface area contributed by atoms with Crippen LogP contribution in [-0.4, -0.2) is 38.4 Å². The molecule has 0 fully saturated rings. The van der Waals surface area contributed by atoms with Crippen molar-refractivity contribution in [1.29, 1.82) is 0 Å². The van der Waals surface area contributed by atoms with Crippen molar-refractivity contribution in [2.75, 3.05) is 7.11 Å². The summed E-state index contributed by atoms with van der Waals surface area (Å²) in [7, 11) is 1.16. The van der Waals surface area contributed by atoms with Crippen molar-refractivity contribution in [2.24, 2.45) is 17.3 Å². The molecule has 0 rings (SSSR count). The zero-order valence-corrected chi connectivity index (χ0v) is 20.1. The first-order valence-electron chi connectivity index (χ1n) is 8.00. The van der Waals surface area contributed by atoms with Crippen molar-refractivity contribution in [3.05, 3.63) is 0 Å². The Bertz CT molecular complexity index is 556. The van der Waals surface area contributed by atoms with Crippen LogP contribution in [0.25, 0.3) is 0 Å². The van der Waals surface area contributed by atoms with Crippen LogP contribution in [0.2, 0.25) is 0 Å². The highest BCUT2D eigenvalue weighted by molar-refractivity contribution is 6.68. The van der Waals surface area contributed by atoms with Gasteiger partial charge in [0, 0.05) is 18.3 Å². The summed E-state index contributed by atoms with van der Waals surface area (Å²) < 4.78 is 1.36. The smallest absolute Gasteiger partial charge is 0.318 e. The predicted octanol–water partition coefficient (Wildman–Crippen LogP) is 5.03. The van der Waals surface area contributed by atoms with Crippen LogP contribution < -0.4 is 5.32 Å². The molecule has 0 saturated carbocycles. The molecule has 0 aromatic rings. The van der Waals surface area contributed by atoms with Gasteiger partial charge >= 0.3 is 5.97 Å². The minimum atomic E-state index is -1.66. The molecule has 3 atom stereocenters. The largest absolute Gasteiger partial charge is 0.468 e. The molecular weight excluding hydrogens is 483 g/mol. The van der Waals surface area contributed by atoms with Gasteiger partial charge < -0.3 is 10.1 Å². The van der Waals surface area contributed by atoms with Gasteiger partial charge in [-0.05, 0) is 20.3 Å². The maximum atomic E-state index is 12.9. The molecule has 0 aromatic carbocycles. The minimum absolute atomic E-state index is 0.0103. The van der Waals surface area contributed by atoms with Crippen LogP contribution in [0.3, 0.4) is 0 Å². The van der Waals surface area contributed by atoms with Gasteiger partial charge in [0.05, 0.1) is 13.2 Å². The number of ketones is 1. The van der Waals surface area contributed by atoms with E-state index in [-0.39, 0.29) is 12.8 Å². The van der Waals surface area contributed by atoms with Crippen molar-refractivity contribution >= 4 is 87.3 Å². The molecule has 0 saturated heterocycles. The molecule has 0 aliphatic carbocycles. The van der Waals surface area contributed by atoms with E-state index in [4.69, 9.17) is 69.6 Å². The van der Waals surface area contributed by atoms with Crippen LogP contribution in [0.4, 0.5) is 0 Å². The van der Waals surface area contributed by atoms with E-state index in [0.29, 0.717) is 0 Å². The highest BCUT2D eigenvalue weighted by Crippen LogP contribution is 2.39. The van der Waals surface area contributed by atoms with Crippen LogP contribution >= 0.6 is 69.6 Å². The number of methoxy groups -OCH3 is 1. The molecule has 0 heterocycles. The number of rotatable bonds is 8. The minimum Gasteiger partial charge on any atom is -0.468 e. The molecule has 1 amide bonds. The number of hydrogen-bond donors (Lipinski definition) is 1. The second-order valence-corrected chi connectivity index (χ2v) is 11.7. The van der Waals surface area contributed by atoms with Crippen LogP contribution in [0.15, 0.2) is 0 Å². The van der Waals surface area contributed by atoms with Crippen molar-refractivity contribution in [3.63, 3.8) is 0 Å². The Hall–Kier alpha value is 0.350. The van der Waals surface area contributed by atoms with Crippen LogP contribution in [0, 0.1) is 17.3 Å². The second kappa shape index (κ2) is 10.4. The Labute approximate surface area is 189 Å². The lowest BCUT2D eigenvalue weighted by molar-refractivity contribution is -0.157. The average Bonchev–Trinajstić information content (AvgIpc) is 2.50. The zero-order chi connectivity index (χ0) is 21.8. The van der Waals surface area contributed by atoms with Gasteiger partial charge in [-0.3, -0.25) is 14.4 Å². The van der Waals surface area contributed by atoms with Gasteiger partial charge in [-0.1, -0.05) is 83.5 Å². The van der Waals surface area contributed by atoms with Gasteiger partial charge in [-0.15, -0.1) is 0 Å². The molecule has 0 bridgehead atoms. The molecule has 11 heteroatoms. The zero-order valence-electron chi connectivity index (χ0n) is 15.5. The summed E-state index contributed by atoms with van der Waals surface area (Å²) in [5.41, 5.74) is -1.51. The van der Waals surface area contributed by atoms with Gasteiger partial charge in [0.2, 0.25) is 5.91 Å². The number of hydrogen-bond acceptors (Lipinski definition) is 4. The first-order valence-corrected chi connectivity index (χ1v) is 10.3. The fourth-order valence-electron chi connectivity index (χ4n) is 2.16. The predicted molar refractivity (Wildman–Crippen MR) is 111 cm³/mol. The van der Waals surface area contributed by atoms with E-state index in [1.165, 1.54) is 13.8 Å². The summed E-state index contributed by atoms with van der Waals surface area (Å²) in [6.45, 7) is 5.97. The summed E-state index contributed by atoms with van der Waals surface area (Å²) in [5.74, 6) is -3.08. The Morgan fingerprint density at radius 1 is 0.926 bits per heavy atom. The topological polar surface area (TPSA) is 72.5 Å². The molecule has 0 aliphatic heterocycles. The normalized spacial score (nSPS) is 16.3. The van der Waals surface area contributed by atoms with Gasteiger partial charge in [0.15, 0.2) is 13.4 Å². The molecule has 0 aliphatic rings. The molecule has 158 valence electrons. The van der Waals surface area contributed by atoms with Crippen molar-refractivity contribution in [3.8, 4) is 0 Å². The highest BCUT2D eigenvalue weighted by atomic mass is 35.6. The lowest BCUT2D eigenvalue weighted by atomic mass is 9.81. The lowest BCUT2D eigenvalue weighted by Crippen LogP contribution is -2.51. The van der Waals surface area contributed by atoms with Gasteiger partial charge in [0.25, 0.3) is 0 Å². The summed E-state index contributed by atoms with van der Waals surface area (Å²) >= 11 is 35.0. The average molecular weight is 506 g/mol. The highest BCUT2D eigenvalue weighted by Gasteiger charge is 2.44. The fraction of sp³-hybridized carbons (Fsp3) is 0.812. The van der Waals surface area contributed by atoms with E-state index in [1.807, 2.05) is 0 Å². The number of nitrogens with one attached hydrogen (secondary N) is 1. The number of halogens is 6. The Kier molecular flexibility index (Phi) is 10.5. The molecule has 27 heavy (non-hydrogen) atoms. The van der Waals surface area contributed by atoms with Crippen LogP contribution in [0.1, 0.15) is 40.5 Å². The third kappa shape index (κ3) is 8.71. The third-order valence-corrected chi connectivity index (χ3v) is 6.40. The SMILES string of the molecule is COC(=O)C(C)(C)C(=O)C(CC(C)C(Cl)(Cl)Cl)NC(=O)CC(C)C(Cl)(Cl)Cl. The van der Waals surface area contributed by atoms with Crippen molar-refractivity contribution in [2.45, 2.75) is 54.2 Å². The summed E-state index contributed by atoms with van der Waals surface area (Å²) in [5, 5.41) is 2.56. The lowest BCUT2D eigenvalue weighted by Gasteiger charge is -2.30.